The summed E-state index contributed by atoms with van der Waals surface area (Å²) in [5, 5.41) is 14.6. The van der Waals surface area contributed by atoms with Gasteiger partial charge in [0.15, 0.2) is 0 Å². The summed E-state index contributed by atoms with van der Waals surface area (Å²) >= 11 is 5.86. The predicted molar refractivity (Wildman–Crippen MR) is 95.3 cm³/mol. The molecule has 0 saturated carbocycles. The minimum Gasteiger partial charge on any atom is -0.457 e. The standard InChI is InChI=1S/C19H24ClNO2/c1-3-13-21-14-12-19(2,22)15-4-8-17(9-5-15)23-18-10-6-16(20)7-11-18/h4-11,21-22H,3,12-14H2,1-2H3. The molecule has 0 aliphatic carbocycles. The Kier molecular flexibility index (Phi) is 6.46. The van der Waals surface area contributed by atoms with E-state index in [1.807, 2.05) is 43.3 Å². The Morgan fingerprint density at radius 3 is 2.13 bits per heavy atom. The Balaban J connectivity index is 1.96. The fourth-order valence-corrected chi connectivity index (χ4v) is 2.42. The molecule has 0 radical (unpaired) electrons. The number of hydrogen-bond donors (Lipinski definition) is 2. The molecular weight excluding hydrogens is 310 g/mol. The Morgan fingerprint density at radius 2 is 1.57 bits per heavy atom. The number of nitrogens with one attached hydrogen (secondary N) is 1. The van der Waals surface area contributed by atoms with Crippen molar-refractivity contribution in [2.75, 3.05) is 13.1 Å². The van der Waals surface area contributed by atoms with Gasteiger partial charge < -0.3 is 15.2 Å². The second-order valence-corrected chi connectivity index (χ2v) is 6.29. The Labute approximate surface area is 143 Å². The first-order chi connectivity index (χ1) is 11.0. The summed E-state index contributed by atoms with van der Waals surface area (Å²) in [7, 11) is 0. The van der Waals surface area contributed by atoms with E-state index in [1.165, 1.54) is 0 Å². The molecule has 0 fully saturated rings. The van der Waals surface area contributed by atoms with Crippen molar-refractivity contribution in [1.82, 2.24) is 5.32 Å². The molecule has 0 heterocycles. The molecule has 0 bridgehead atoms. The third-order valence-electron chi connectivity index (χ3n) is 3.74. The summed E-state index contributed by atoms with van der Waals surface area (Å²) in [5.74, 6) is 1.47. The molecule has 1 unspecified atom stereocenters. The summed E-state index contributed by atoms with van der Waals surface area (Å²) in [5.41, 5.74) is 0.0405. The third-order valence-corrected chi connectivity index (χ3v) is 3.99. The lowest BCUT2D eigenvalue weighted by Crippen LogP contribution is -2.28. The van der Waals surface area contributed by atoms with Crippen molar-refractivity contribution >= 4 is 11.6 Å². The van der Waals surface area contributed by atoms with Gasteiger partial charge in [0.25, 0.3) is 0 Å². The Bertz CT molecular complexity index is 594. The molecule has 3 nitrogen and oxygen atoms in total. The number of aliphatic hydroxyl groups is 1. The van der Waals surface area contributed by atoms with Crippen molar-refractivity contribution < 1.29 is 9.84 Å². The molecule has 0 aliphatic heterocycles. The van der Waals surface area contributed by atoms with E-state index < -0.39 is 5.60 Å². The molecule has 0 amide bonds. The lowest BCUT2D eigenvalue weighted by atomic mass is 9.92. The van der Waals surface area contributed by atoms with Crippen LogP contribution in [0.2, 0.25) is 5.02 Å². The first-order valence-corrected chi connectivity index (χ1v) is 8.36. The zero-order valence-electron chi connectivity index (χ0n) is 13.7. The van der Waals surface area contributed by atoms with Crippen LogP contribution < -0.4 is 10.1 Å². The first kappa shape index (κ1) is 17.8. The lowest BCUT2D eigenvalue weighted by molar-refractivity contribution is 0.0480. The van der Waals surface area contributed by atoms with Crippen LogP contribution in [0, 0.1) is 0 Å². The van der Waals surface area contributed by atoms with E-state index in [4.69, 9.17) is 16.3 Å². The van der Waals surface area contributed by atoms with Crippen molar-refractivity contribution in [1.29, 1.82) is 0 Å². The summed E-state index contributed by atoms with van der Waals surface area (Å²) in [6.07, 6.45) is 1.77. The zero-order chi connectivity index (χ0) is 16.7. The van der Waals surface area contributed by atoms with Crippen LogP contribution in [0.15, 0.2) is 48.5 Å². The highest BCUT2D eigenvalue weighted by Crippen LogP contribution is 2.28. The van der Waals surface area contributed by atoms with Gasteiger partial charge in [-0.25, -0.2) is 0 Å². The number of ether oxygens (including phenoxy) is 1. The number of halogens is 1. The molecule has 0 spiro atoms. The molecule has 0 saturated heterocycles. The zero-order valence-corrected chi connectivity index (χ0v) is 14.4. The van der Waals surface area contributed by atoms with E-state index in [-0.39, 0.29) is 0 Å². The van der Waals surface area contributed by atoms with Gasteiger partial charge in [0.05, 0.1) is 5.60 Å². The molecule has 2 rings (SSSR count). The van der Waals surface area contributed by atoms with Crippen LogP contribution >= 0.6 is 11.6 Å². The van der Waals surface area contributed by atoms with E-state index in [2.05, 4.69) is 12.2 Å². The van der Waals surface area contributed by atoms with Crippen LogP contribution in [-0.4, -0.2) is 18.2 Å². The quantitative estimate of drug-likeness (QED) is 0.686. The maximum atomic E-state index is 10.6. The van der Waals surface area contributed by atoms with Crippen LogP contribution in [0.1, 0.15) is 32.3 Å². The molecule has 1 atom stereocenters. The normalized spacial score (nSPS) is 13.6. The van der Waals surface area contributed by atoms with Crippen molar-refractivity contribution in [2.24, 2.45) is 0 Å². The predicted octanol–water partition coefficient (Wildman–Crippen LogP) is 4.73. The SMILES string of the molecule is CCCNCCC(C)(O)c1ccc(Oc2ccc(Cl)cc2)cc1. The van der Waals surface area contributed by atoms with Crippen LogP contribution in [0.4, 0.5) is 0 Å². The van der Waals surface area contributed by atoms with E-state index in [0.29, 0.717) is 11.4 Å². The maximum absolute atomic E-state index is 10.6. The van der Waals surface area contributed by atoms with Gasteiger partial charge >= 0.3 is 0 Å². The third kappa shape index (κ3) is 5.54. The van der Waals surface area contributed by atoms with Crippen molar-refractivity contribution in [3.8, 4) is 11.5 Å². The molecule has 2 aromatic rings. The molecule has 23 heavy (non-hydrogen) atoms. The topological polar surface area (TPSA) is 41.5 Å². The average molecular weight is 334 g/mol. The Hall–Kier alpha value is -1.55. The highest BCUT2D eigenvalue weighted by molar-refractivity contribution is 6.30. The number of hydrogen-bond acceptors (Lipinski definition) is 3. The van der Waals surface area contributed by atoms with Crippen molar-refractivity contribution in [2.45, 2.75) is 32.3 Å². The highest BCUT2D eigenvalue weighted by Gasteiger charge is 2.22. The second-order valence-electron chi connectivity index (χ2n) is 5.85. The fraction of sp³-hybridized carbons (Fsp3) is 0.368. The minimum absolute atomic E-state index is 0.671. The van der Waals surface area contributed by atoms with Crippen molar-refractivity contribution in [3.63, 3.8) is 0 Å². The van der Waals surface area contributed by atoms with Gasteiger partial charge in [-0.2, -0.15) is 0 Å². The average Bonchev–Trinajstić information content (AvgIpc) is 2.54. The summed E-state index contributed by atoms with van der Waals surface area (Å²) < 4.78 is 5.76. The molecule has 2 aromatic carbocycles. The Morgan fingerprint density at radius 1 is 1.00 bits per heavy atom. The first-order valence-electron chi connectivity index (χ1n) is 7.98. The minimum atomic E-state index is -0.848. The van der Waals surface area contributed by atoms with Gasteiger partial charge in [-0.15, -0.1) is 0 Å². The smallest absolute Gasteiger partial charge is 0.127 e. The van der Waals surface area contributed by atoms with E-state index in [0.717, 1.165) is 36.6 Å². The molecule has 0 aliphatic rings. The molecule has 0 aromatic heterocycles. The summed E-state index contributed by atoms with van der Waals surface area (Å²) in [4.78, 5) is 0. The van der Waals surface area contributed by atoms with Crippen LogP contribution in [0.25, 0.3) is 0 Å². The van der Waals surface area contributed by atoms with E-state index in [9.17, 15) is 5.11 Å². The molecule has 2 N–H and O–H groups in total. The van der Waals surface area contributed by atoms with Crippen molar-refractivity contribution in [3.05, 3.63) is 59.1 Å². The van der Waals surface area contributed by atoms with Crippen LogP contribution in [0.5, 0.6) is 11.5 Å². The summed E-state index contributed by atoms with van der Waals surface area (Å²) in [6, 6.07) is 14.8. The van der Waals surface area contributed by atoms with Crippen LogP contribution in [-0.2, 0) is 5.60 Å². The van der Waals surface area contributed by atoms with Gasteiger partial charge in [0.2, 0.25) is 0 Å². The summed E-state index contributed by atoms with van der Waals surface area (Å²) in [6.45, 7) is 5.74. The second kappa shape index (κ2) is 8.34. The maximum Gasteiger partial charge on any atom is 0.127 e. The van der Waals surface area contributed by atoms with Gasteiger partial charge in [-0.05, 0) is 74.8 Å². The van der Waals surface area contributed by atoms with Gasteiger partial charge in [-0.1, -0.05) is 30.7 Å². The highest BCUT2D eigenvalue weighted by atomic mass is 35.5. The fourth-order valence-electron chi connectivity index (χ4n) is 2.30. The lowest BCUT2D eigenvalue weighted by Gasteiger charge is -2.24. The van der Waals surface area contributed by atoms with Gasteiger partial charge in [-0.3, -0.25) is 0 Å². The molecular formula is C19H24ClNO2. The molecule has 4 heteroatoms. The number of benzene rings is 2. The number of rotatable bonds is 8. The largest absolute Gasteiger partial charge is 0.457 e. The van der Waals surface area contributed by atoms with Crippen LogP contribution in [0.3, 0.4) is 0 Å². The van der Waals surface area contributed by atoms with Gasteiger partial charge in [0.1, 0.15) is 11.5 Å². The van der Waals surface area contributed by atoms with Gasteiger partial charge in [0, 0.05) is 5.02 Å². The van der Waals surface area contributed by atoms with E-state index in [1.54, 1.807) is 12.1 Å². The monoisotopic (exact) mass is 333 g/mol. The van der Waals surface area contributed by atoms with E-state index >= 15 is 0 Å². The molecule has 124 valence electrons.